The number of carbonyl (C=O) groups excluding carboxylic acids is 2. The van der Waals surface area contributed by atoms with Crippen LogP contribution in [-0.4, -0.2) is 65.0 Å². The van der Waals surface area contributed by atoms with E-state index in [1.54, 1.807) is 4.90 Å². The standard InChI is InChI=1S/C11H17N5O2S/c1-2-10-13-14-11(19-10)12-9(18)7-15-3-5-16(8-17)6-4-15/h8H,2-7H2,1H3,(H,12,14,18). The number of carbonyl (C=O) groups is 2. The van der Waals surface area contributed by atoms with Crippen molar-refractivity contribution in [2.45, 2.75) is 13.3 Å². The van der Waals surface area contributed by atoms with Gasteiger partial charge in [0.2, 0.25) is 17.4 Å². The predicted molar refractivity (Wildman–Crippen MR) is 72.0 cm³/mol. The second kappa shape index (κ2) is 6.58. The van der Waals surface area contributed by atoms with Crippen LogP contribution in [0.4, 0.5) is 5.13 Å². The molecule has 1 fully saturated rings. The van der Waals surface area contributed by atoms with Crippen LogP contribution in [0.15, 0.2) is 0 Å². The Labute approximate surface area is 115 Å². The van der Waals surface area contributed by atoms with Gasteiger partial charge < -0.3 is 4.90 Å². The summed E-state index contributed by atoms with van der Waals surface area (Å²) in [4.78, 5) is 26.1. The lowest BCUT2D eigenvalue weighted by Gasteiger charge is -2.31. The number of amides is 2. The Morgan fingerprint density at radius 2 is 2.11 bits per heavy atom. The minimum Gasteiger partial charge on any atom is -0.343 e. The van der Waals surface area contributed by atoms with Crippen molar-refractivity contribution in [2.75, 3.05) is 38.0 Å². The van der Waals surface area contributed by atoms with Crippen LogP contribution < -0.4 is 5.32 Å². The Kier molecular flexibility index (Phi) is 4.80. The Hall–Kier alpha value is -1.54. The molecule has 0 aromatic carbocycles. The summed E-state index contributed by atoms with van der Waals surface area (Å²) in [5, 5.41) is 12.1. The topological polar surface area (TPSA) is 78.4 Å². The maximum Gasteiger partial charge on any atom is 0.240 e. The molecule has 1 N–H and O–H groups in total. The zero-order valence-electron chi connectivity index (χ0n) is 10.8. The van der Waals surface area contributed by atoms with Gasteiger partial charge in [0.05, 0.1) is 6.54 Å². The molecule has 1 aromatic heterocycles. The second-order valence-corrected chi connectivity index (χ2v) is 5.38. The van der Waals surface area contributed by atoms with Crippen molar-refractivity contribution < 1.29 is 9.59 Å². The van der Waals surface area contributed by atoms with E-state index in [1.807, 2.05) is 11.8 Å². The number of rotatable bonds is 5. The first-order valence-electron chi connectivity index (χ1n) is 6.25. The molecule has 2 heterocycles. The zero-order chi connectivity index (χ0) is 13.7. The molecule has 0 radical (unpaired) electrons. The minimum atomic E-state index is -0.0849. The normalized spacial score (nSPS) is 16.4. The van der Waals surface area contributed by atoms with Crippen molar-refractivity contribution in [2.24, 2.45) is 0 Å². The Balaban J connectivity index is 1.77. The molecule has 0 atom stereocenters. The summed E-state index contributed by atoms with van der Waals surface area (Å²) in [7, 11) is 0. The van der Waals surface area contributed by atoms with Crippen LogP contribution in [0.3, 0.4) is 0 Å². The lowest BCUT2D eigenvalue weighted by Crippen LogP contribution is -2.48. The van der Waals surface area contributed by atoms with Gasteiger partial charge in [-0.25, -0.2) is 0 Å². The average molecular weight is 283 g/mol. The third-order valence-electron chi connectivity index (χ3n) is 2.94. The van der Waals surface area contributed by atoms with Gasteiger partial charge >= 0.3 is 0 Å². The maximum atomic E-state index is 11.8. The highest BCUT2D eigenvalue weighted by atomic mass is 32.1. The molecule has 1 aliphatic rings. The Bertz CT molecular complexity index is 442. The summed E-state index contributed by atoms with van der Waals surface area (Å²) in [5.74, 6) is -0.0849. The largest absolute Gasteiger partial charge is 0.343 e. The van der Waals surface area contributed by atoms with Crippen molar-refractivity contribution >= 4 is 28.8 Å². The fraction of sp³-hybridized carbons (Fsp3) is 0.636. The smallest absolute Gasteiger partial charge is 0.240 e. The summed E-state index contributed by atoms with van der Waals surface area (Å²) in [6.45, 7) is 5.13. The molecule has 1 aromatic rings. The maximum absolute atomic E-state index is 11.8. The number of nitrogens with zero attached hydrogens (tertiary/aromatic N) is 4. The van der Waals surface area contributed by atoms with Crippen molar-refractivity contribution in [1.82, 2.24) is 20.0 Å². The molecule has 8 heteroatoms. The summed E-state index contributed by atoms with van der Waals surface area (Å²) in [6.07, 6.45) is 1.67. The van der Waals surface area contributed by atoms with E-state index in [2.05, 4.69) is 15.5 Å². The van der Waals surface area contributed by atoms with E-state index in [9.17, 15) is 9.59 Å². The molecular formula is C11H17N5O2S. The quantitative estimate of drug-likeness (QED) is 0.758. The van der Waals surface area contributed by atoms with Crippen molar-refractivity contribution in [3.8, 4) is 0 Å². The van der Waals surface area contributed by atoms with Gasteiger partial charge in [-0.05, 0) is 6.42 Å². The Morgan fingerprint density at radius 3 is 2.68 bits per heavy atom. The van der Waals surface area contributed by atoms with Gasteiger partial charge in [0, 0.05) is 26.2 Å². The van der Waals surface area contributed by atoms with E-state index in [1.165, 1.54) is 11.3 Å². The molecule has 0 spiro atoms. The van der Waals surface area contributed by atoms with Crippen molar-refractivity contribution in [3.63, 3.8) is 0 Å². The number of hydrogen-bond donors (Lipinski definition) is 1. The van der Waals surface area contributed by atoms with Crippen molar-refractivity contribution in [1.29, 1.82) is 0 Å². The number of nitrogens with one attached hydrogen (secondary N) is 1. The highest BCUT2D eigenvalue weighted by Gasteiger charge is 2.18. The fourth-order valence-corrected chi connectivity index (χ4v) is 2.53. The highest BCUT2D eigenvalue weighted by molar-refractivity contribution is 7.15. The lowest BCUT2D eigenvalue weighted by atomic mass is 10.3. The zero-order valence-corrected chi connectivity index (χ0v) is 11.7. The number of anilines is 1. The van der Waals surface area contributed by atoms with Crippen molar-refractivity contribution in [3.05, 3.63) is 5.01 Å². The number of aryl methyl sites for hydroxylation is 1. The van der Waals surface area contributed by atoms with E-state index in [-0.39, 0.29) is 5.91 Å². The van der Waals surface area contributed by atoms with E-state index >= 15 is 0 Å². The van der Waals surface area contributed by atoms with Gasteiger partial charge in [0.15, 0.2) is 0 Å². The second-order valence-electron chi connectivity index (χ2n) is 4.32. The lowest BCUT2D eigenvalue weighted by molar-refractivity contribution is -0.120. The SMILES string of the molecule is CCc1nnc(NC(=O)CN2CCN(C=O)CC2)s1. The van der Waals surface area contributed by atoms with Crippen LogP contribution in [0.2, 0.25) is 0 Å². The van der Waals surface area contributed by atoms with Gasteiger partial charge in [0.1, 0.15) is 5.01 Å². The van der Waals surface area contributed by atoms with Gasteiger partial charge in [-0.1, -0.05) is 18.3 Å². The number of aromatic nitrogens is 2. The van der Waals surface area contributed by atoms with Gasteiger partial charge in [0.25, 0.3) is 0 Å². The monoisotopic (exact) mass is 283 g/mol. The molecule has 104 valence electrons. The molecule has 1 saturated heterocycles. The van der Waals surface area contributed by atoms with Crippen LogP contribution in [0, 0.1) is 0 Å². The third kappa shape index (κ3) is 3.97. The van der Waals surface area contributed by atoms with Crippen LogP contribution in [0.25, 0.3) is 0 Å². The summed E-state index contributed by atoms with van der Waals surface area (Å²) in [5.41, 5.74) is 0. The highest BCUT2D eigenvalue weighted by Crippen LogP contribution is 2.15. The molecular weight excluding hydrogens is 266 g/mol. The van der Waals surface area contributed by atoms with Gasteiger partial charge in [-0.3, -0.25) is 19.8 Å². The first-order valence-corrected chi connectivity index (χ1v) is 7.07. The van der Waals surface area contributed by atoms with Crippen LogP contribution in [0.5, 0.6) is 0 Å². The van der Waals surface area contributed by atoms with E-state index in [4.69, 9.17) is 0 Å². The summed E-state index contributed by atoms with van der Waals surface area (Å²) in [6, 6.07) is 0. The fourth-order valence-electron chi connectivity index (χ4n) is 1.84. The van der Waals surface area contributed by atoms with E-state index in [0.717, 1.165) is 30.9 Å². The van der Waals surface area contributed by atoms with Gasteiger partial charge in [-0.15, -0.1) is 10.2 Å². The van der Waals surface area contributed by atoms with E-state index in [0.29, 0.717) is 24.8 Å². The molecule has 0 bridgehead atoms. The summed E-state index contributed by atoms with van der Waals surface area (Å²) < 4.78 is 0. The molecule has 1 aliphatic heterocycles. The molecule has 0 aliphatic carbocycles. The third-order valence-corrected chi connectivity index (χ3v) is 3.92. The minimum absolute atomic E-state index is 0.0849. The molecule has 19 heavy (non-hydrogen) atoms. The number of hydrogen-bond acceptors (Lipinski definition) is 6. The Morgan fingerprint density at radius 1 is 1.37 bits per heavy atom. The predicted octanol–water partition coefficient (Wildman–Crippen LogP) is -0.187. The van der Waals surface area contributed by atoms with Crippen LogP contribution >= 0.6 is 11.3 Å². The first-order chi connectivity index (χ1) is 9.21. The molecule has 0 unspecified atom stereocenters. The van der Waals surface area contributed by atoms with Crippen LogP contribution in [-0.2, 0) is 16.0 Å². The number of piperazine rings is 1. The van der Waals surface area contributed by atoms with Gasteiger partial charge in [-0.2, -0.15) is 0 Å². The molecule has 2 rings (SSSR count). The molecule has 7 nitrogen and oxygen atoms in total. The van der Waals surface area contributed by atoms with Crippen LogP contribution in [0.1, 0.15) is 11.9 Å². The first kappa shape index (κ1) is 13.9. The van der Waals surface area contributed by atoms with E-state index < -0.39 is 0 Å². The summed E-state index contributed by atoms with van der Waals surface area (Å²) >= 11 is 1.40. The molecule has 2 amide bonds. The molecule has 0 saturated carbocycles. The average Bonchev–Trinajstić information content (AvgIpc) is 2.87.